The summed E-state index contributed by atoms with van der Waals surface area (Å²) in [6.45, 7) is 7.40. The molecule has 4 nitrogen and oxygen atoms in total. The van der Waals surface area contributed by atoms with Gasteiger partial charge in [-0.25, -0.2) is 0 Å². The van der Waals surface area contributed by atoms with Gasteiger partial charge in [-0.1, -0.05) is 12.1 Å². The molecule has 1 amide bonds. The molecule has 0 radical (unpaired) electrons. The van der Waals surface area contributed by atoms with Gasteiger partial charge < -0.3 is 15.4 Å². The first-order valence-electron chi connectivity index (χ1n) is 6.66. The van der Waals surface area contributed by atoms with Gasteiger partial charge in [0.05, 0.1) is 7.11 Å². The summed E-state index contributed by atoms with van der Waals surface area (Å²) in [6, 6.07) is 6.31. The van der Waals surface area contributed by atoms with Crippen molar-refractivity contribution >= 4 is 5.91 Å². The number of hydrogen-bond donors (Lipinski definition) is 2. The first-order valence-corrected chi connectivity index (χ1v) is 6.66. The molecule has 0 heterocycles. The lowest BCUT2D eigenvalue weighted by atomic mass is 10.1. The summed E-state index contributed by atoms with van der Waals surface area (Å²) in [5.41, 5.74) is 2.32. The third-order valence-corrected chi connectivity index (χ3v) is 2.77. The van der Waals surface area contributed by atoms with Gasteiger partial charge >= 0.3 is 0 Å². The summed E-state index contributed by atoms with van der Waals surface area (Å²) in [6.07, 6.45) is 0.507. The summed E-state index contributed by atoms with van der Waals surface area (Å²) in [5, 5.41) is 6.14. The number of methoxy groups -OCH3 is 1. The number of ether oxygens (including phenoxy) is 1. The maximum atomic E-state index is 11.4. The van der Waals surface area contributed by atoms with Crippen molar-refractivity contribution in [2.24, 2.45) is 0 Å². The zero-order chi connectivity index (χ0) is 14.3. The second kappa shape index (κ2) is 7.79. The quantitative estimate of drug-likeness (QED) is 0.741. The van der Waals surface area contributed by atoms with E-state index in [0.717, 1.165) is 17.9 Å². The van der Waals surface area contributed by atoms with Crippen LogP contribution in [0.25, 0.3) is 0 Å². The lowest BCUT2D eigenvalue weighted by Crippen LogP contribution is -2.32. The summed E-state index contributed by atoms with van der Waals surface area (Å²) >= 11 is 0. The zero-order valence-electron chi connectivity index (χ0n) is 12.2. The Morgan fingerprint density at radius 2 is 2.11 bits per heavy atom. The Labute approximate surface area is 115 Å². The molecule has 0 bridgehead atoms. The third-order valence-electron chi connectivity index (χ3n) is 2.77. The summed E-state index contributed by atoms with van der Waals surface area (Å²) in [7, 11) is 1.67. The average molecular weight is 264 g/mol. The molecule has 0 aliphatic carbocycles. The van der Waals surface area contributed by atoms with E-state index in [1.807, 2.05) is 32.9 Å². The topological polar surface area (TPSA) is 50.4 Å². The van der Waals surface area contributed by atoms with E-state index < -0.39 is 0 Å². The Balaban J connectivity index is 2.30. The maximum absolute atomic E-state index is 11.4. The van der Waals surface area contributed by atoms with Crippen LogP contribution in [0, 0.1) is 6.92 Å². The molecule has 0 aliphatic heterocycles. The molecule has 0 saturated heterocycles. The molecule has 1 rings (SSSR count). The van der Waals surface area contributed by atoms with Crippen LogP contribution in [0.5, 0.6) is 5.75 Å². The third kappa shape index (κ3) is 5.75. The van der Waals surface area contributed by atoms with Gasteiger partial charge in [0.1, 0.15) is 5.75 Å². The second-order valence-electron chi connectivity index (χ2n) is 4.95. The summed E-state index contributed by atoms with van der Waals surface area (Å²) < 4.78 is 5.22. The van der Waals surface area contributed by atoms with E-state index >= 15 is 0 Å². The molecule has 4 heteroatoms. The number of amides is 1. The number of benzene rings is 1. The van der Waals surface area contributed by atoms with Crippen molar-refractivity contribution in [1.82, 2.24) is 10.6 Å². The molecule has 0 aromatic heterocycles. The van der Waals surface area contributed by atoms with Gasteiger partial charge in [0.15, 0.2) is 0 Å². The van der Waals surface area contributed by atoms with Crippen molar-refractivity contribution in [2.75, 3.05) is 13.7 Å². The predicted octanol–water partition coefficient (Wildman–Crippen LogP) is 2.01. The van der Waals surface area contributed by atoms with E-state index in [1.165, 1.54) is 5.56 Å². The van der Waals surface area contributed by atoms with Crippen molar-refractivity contribution in [1.29, 1.82) is 0 Å². The van der Waals surface area contributed by atoms with E-state index in [-0.39, 0.29) is 11.9 Å². The molecule has 0 atom stereocenters. The Bertz CT molecular complexity index is 417. The average Bonchev–Trinajstić information content (AvgIpc) is 2.34. The van der Waals surface area contributed by atoms with Crippen LogP contribution >= 0.6 is 0 Å². The van der Waals surface area contributed by atoms with Crippen LogP contribution < -0.4 is 15.4 Å². The largest absolute Gasteiger partial charge is 0.496 e. The Hall–Kier alpha value is -1.55. The van der Waals surface area contributed by atoms with E-state index in [1.54, 1.807) is 7.11 Å². The number of carbonyl (C=O) groups is 1. The van der Waals surface area contributed by atoms with Crippen LogP contribution in [0.2, 0.25) is 0 Å². The molecule has 0 unspecified atom stereocenters. The minimum Gasteiger partial charge on any atom is -0.496 e. The maximum Gasteiger partial charge on any atom is 0.221 e. The SMILES string of the molecule is COc1ccc(CNCCC(=O)NC(C)C)cc1C. The van der Waals surface area contributed by atoms with E-state index in [0.29, 0.717) is 13.0 Å². The summed E-state index contributed by atoms with van der Waals surface area (Å²) in [5.74, 6) is 0.994. The molecule has 2 N–H and O–H groups in total. The van der Waals surface area contributed by atoms with Gasteiger partial charge in [0, 0.05) is 25.6 Å². The molecular weight excluding hydrogens is 240 g/mol. The smallest absolute Gasteiger partial charge is 0.221 e. The van der Waals surface area contributed by atoms with Gasteiger partial charge in [-0.05, 0) is 38.0 Å². The first-order chi connectivity index (χ1) is 9.02. The molecule has 0 saturated carbocycles. The number of aryl methyl sites for hydroxylation is 1. The van der Waals surface area contributed by atoms with E-state index in [4.69, 9.17) is 4.74 Å². The number of rotatable bonds is 7. The highest BCUT2D eigenvalue weighted by Gasteiger charge is 2.03. The van der Waals surface area contributed by atoms with Crippen molar-refractivity contribution in [3.05, 3.63) is 29.3 Å². The first kappa shape index (κ1) is 15.5. The normalized spacial score (nSPS) is 10.6. The standard InChI is InChI=1S/C15H24N2O2/c1-11(2)17-15(18)7-8-16-10-13-5-6-14(19-4)12(3)9-13/h5-6,9,11,16H,7-8,10H2,1-4H3,(H,17,18). The molecule has 19 heavy (non-hydrogen) atoms. The summed E-state index contributed by atoms with van der Waals surface area (Å²) in [4.78, 5) is 11.4. The molecule has 0 fully saturated rings. The highest BCUT2D eigenvalue weighted by atomic mass is 16.5. The lowest BCUT2D eigenvalue weighted by molar-refractivity contribution is -0.121. The van der Waals surface area contributed by atoms with E-state index in [9.17, 15) is 4.79 Å². The van der Waals surface area contributed by atoms with Crippen molar-refractivity contribution in [2.45, 2.75) is 39.8 Å². The Morgan fingerprint density at radius 3 is 2.68 bits per heavy atom. The van der Waals surface area contributed by atoms with Crippen molar-refractivity contribution in [3.63, 3.8) is 0 Å². The number of carbonyl (C=O) groups excluding carboxylic acids is 1. The number of hydrogen-bond acceptors (Lipinski definition) is 3. The molecule has 0 spiro atoms. The van der Waals surface area contributed by atoms with Gasteiger partial charge in [-0.2, -0.15) is 0 Å². The highest BCUT2D eigenvalue weighted by Crippen LogP contribution is 2.18. The van der Waals surface area contributed by atoms with Gasteiger partial charge in [0.25, 0.3) is 0 Å². The van der Waals surface area contributed by atoms with Crippen LogP contribution in [-0.2, 0) is 11.3 Å². The fraction of sp³-hybridized carbons (Fsp3) is 0.533. The molecular formula is C15H24N2O2. The molecule has 106 valence electrons. The highest BCUT2D eigenvalue weighted by molar-refractivity contribution is 5.76. The molecule has 1 aromatic carbocycles. The van der Waals surface area contributed by atoms with Gasteiger partial charge in [-0.3, -0.25) is 4.79 Å². The minimum atomic E-state index is 0.0911. The van der Waals surface area contributed by atoms with Gasteiger partial charge in [0.2, 0.25) is 5.91 Å². The predicted molar refractivity (Wildman–Crippen MR) is 77.3 cm³/mol. The van der Waals surface area contributed by atoms with Crippen molar-refractivity contribution < 1.29 is 9.53 Å². The van der Waals surface area contributed by atoms with Crippen molar-refractivity contribution in [3.8, 4) is 5.75 Å². The molecule has 1 aromatic rings. The van der Waals surface area contributed by atoms with Gasteiger partial charge in [-0.15, -0.1) is 0 Å². The lowest BCUT2D eigenvalue weighted by Gasteiger charge is -2.10. The van der Waals surface area contributed by atoms with Crippen LogP contribution in [0.4, 0.5) is 0 Å². The van der Waals surface area contributed by atoms with Crippen LogP contribution in [0.15, 0.2) is 18.2 Å². The Kier molecular flexibility index (Phi) is 6.36. The fourth-order valence-electron chi connectivity index (χ4n) is 1.88. The number of nitrogens with one attached hydrogen (secondary N) is 2. The monoisotopic (exact) mass is 264 g/mol. The zero-order valence-corrected chi connectivity index (χ0v) is 12.2. The fourth-order valence-corrected chi connectivity index (χ4v) is 1.88. The van der Waals surface area contributed by atoms with Crippen LogP contribution in [0.3, 0.4) is 0 Å². The van der Waals surface area contributed by atoms with E-state index in [2.05, 4.69) is 16.7 Å². The second-order valence-corrected chi connectivity index (χ2v) is 4.95. The molecule has 0 aliphatic rings. The van der Waals surface area contributed by atoms with Crippen LogP contribution in [0.1, 0.15) is 31.4 Å². The Morgan fingerprint density at radius 1 is 1.37 bits per heavy atom. The minimum absolute atomic E-state index is 0.0911. The van der Waals surface area contributed by atoms with Crippen LogP contribution in [-0.4, -0.2) is 25.6 Å².